The quantitative estimate of drug-likeness (QED) is 0.818. The summed E-state index contributed by atoms with van der Waals surface area (Å²) < 4.78 is 7.49. The monoisotopic (exact) mass is 247 g/mol. The molecule has 2 heterocycles. The number of aryl methyl sites for hydroxylation is 2. The van der Waals surface area contributed by atoms with Crippen LogP contribution in [0.3, 0.4) is 0 Å². The van der Waals surface area contributed by atoms with Crippen molar-refractivity contribution in [1.29, 1.82) is 0 Å². The van der Waals surface area contributed by atoms with Gasteiger partial charge in [-0.3, -0.25) is 0 Å². The Hall–Kier alpha value is -1.55. The zero-order valence-corrected chi connectivity index (χ0v) is 11.1. The highest BCUT2D eigenvalue weighted by molar-refractivity contribution is 4.99. The van der Waals surface area contributed by atoms with Crippen LogP contribution in [0.2, 0.25) is 0 Å². The van der Waals surface area contributed by atoms with Crippen molar-refractivity contribution in [2.45, 2.75) is 45.8 Å². The van der Waals surface area contributed by atoms with E-state index in [-0.39, 0.29) is 0 Å². The summed E-state index contributed by atoms with van der Waals surface area (Å²) in [5.41, 5.74) is 1.24. The van der Waals surface area contributed by atoms with Crippen molar-refractivity contribution < 1.29 is 4.42 Å². The minimum atomic E-state index is 0.468. The molecule has 0 aliphatic heterocycles. The van der Waals surface area contributed by atoms with Crippen LogP contribution in [0.15, 0.2) is 35.3 Å². The topological polar surface area (TPSA) is 43.0 Å². The number of imidazole rings is 1. The smallest absolute Gasteiger partial charge is 0.103 e. The zero-order chi connectivity index (χ0) is 12.8. The van der Waals surface area contributed by atoms with Gasteiger partial charge in [-0.15, -0.1) is 0 Å². The maximum Gasteiger partial charge on any atom is 0.103 e. The Bertz CT molecular complexity index is 447. The third-order valence-electron chi connectivity index (χ3n) is 3.17. The molecule has 98 valence electrons. The lowest BCUT2D eigenvalue weighted by molar-refractivity contribution is 0.455. The number of hydrogen-bond donors (Lipinski definition) is 1. The van der Waals surface area contributed by atoms with Gasteiger partial charge in [0.2, 0.25) is 0 Å². The first-order valence-electron chi connectivity index (χ1n) is 6.54. The van der Waals surface area contributed by atoms with Crippen LogP contribution in [0.4, 0.5) is 0 Å². The van der Waals surface area contributed by atoms with Crippen molar-refractivity contribution in [1.82, 2.24) is 14.9 Å². The van der Waals surface area contributed by atoms with Gasteiger partial charge in [0.05, 0.1) is 18.3 Å². The fraction of sp³-hybridized carbons (Fsp3) is 0.500. The van der Waals surface area contributed by atoms with E-state index in [9.17, 15) is 0 Å². The van der Waals surface area contributed by atoms with Gasteiger partial charge in [-0.05, 0) is 32.4 Å². The van der Waals surface area contributed by atoms with Crippen LogP contribution in [0, 0.1) is 0 Å². The van der Waals surface area contributed by atoms with E-state index in [0.717, 1.165) is 31.7 Å². The van der Waals surface area contributed by atoms with Gasteiger partial charge in [0.15, 0.2) is 0 Å². The van der Waals surface area contributed by atoms with E-state index in [0.29, 0.717) is 6.04 Å². The number of furan rings is 1. The highest BCUT2D eigenvalue weighted by Gasteiger charge is 2.05. The highest BCUT2D eigenvalue weighted by atomic mass is 16.3. The molecule has 0 amide bonds. The number of rotatable bonds is 7. The van der Waals surface area contributed by atoms with Crippen molar-refractivity contribution in [2.75, 3.05) is 0 Å². The average Bonchev–Trinajstić information content (AvgIpc) is 3.04. The maximum absolute atomic E-state index is 5.33. The molecular weight excluding hydrogens is 226 g/mol. The Morgan fingerprint density at radius 3 is 3.11 bits per heavy atom. The Kier molecular flexibility index (Phi) is 4.59. The fourth-order valence-electron chi connectivity index (χ4n) is 1.97. The van der Waals surface area contributed by atoms with Gasteiger partial charge < -0.3 is 14.3 Å². The zero-order valence-electron chi connectivity index (χ0n) is 11.1. The predicted octanol–water partition coefficient (Wildman–Crippen LogP) is 2.61. The van der Waals surface area contributed by atoms with Crippen molar-refractivity contribution in [2.24, 2.45) is 0 Å². The summed E-state index contributed by atoms with van der Waals surface area (Å²) in [7, 11) is 0. The number of nitrogens with one attached hydrogen (secondary N) is 1. The van der Waals surface area contributed by atoms with Crippen molar-refractivity contribution in [3.05, 3.63) is 42.4 Å². The first kappa shape index (κ1) is 12.9. The molecule has 0 aliphatic carbocycles. The molecule has 0 saturated heterocycles. The Morgan fingerprint density at radius 2 is 2.39 bits per heavy atom. The Morgan fingerprint density at radius 1 is 1.50 bits per heavy atom. The molecule has 2 aromatic rings. The third-order valence-corrected chi connectivity index (χ3v) is 3.17. The molecule has 1 unspecified atom stereocenters. The molecule has 18 heavy (non-hydrogen) atoms. The first-order valence-corrected chi connectivity index (χ1v) is 6.54. The van der Waals surface area contributed by atoms with E-state index < -0.39 is 0 Å². The summed E-state index contributed by atoms with van der Waals surface area (Å²) in [5.74, 6) is 1.06. The lowest BCUT2D eigenvalue weighted by Gasteiger charge is -2.13. The molecule has 0 aliphatic rings. The van der Waals surface area contributed by atoms with Gasteiger partial charge in [-0.25, -0.2) is 4.98 Å². The molecule has 0 spiro atoms. The van der Waals surface area contributed by atoms with Crippen molar-refractivity contribution in [3.8, 4) is 0 Å². The molecule has 0 aromatic carbocycles. The average molecular weight is 247 g/mol. The summed E-state index contributed by atoms with van der Waals surface area (Å²) in [6.07, 6.45) is 7.59. The molecule has 4 nitrogen and oxygen atoms in total. The summed E-state index contributed by atoms with van der Waals surface area (Å²) in [6, 6.07) is 4.43. The van der Waals surface area contributed by atoms with Gasteiger partial charge in [0, 0.05) is 31.7 Å². The molecule has 0 radical (unpaired) electrons. The second-order valence-electron chi connectivity index (χ2n) is 4.57. The van der Waals surface area contributed by atoms with Crippen LogP contribution in [0.1, 0.15) is 31.7 Å². The van der Waals surface area contributed by atoms with Crippen LogP contribution in [-0.4, -0.2) is 15.6 Å². The minimum Gasteiger partial charge on any atom is -0.469 e. The second kappa shape index (κ2) is 6.40. The normalized spacial score (nSPS) is 12.8. The van der Waals surface area contributed by atoms with E-state index in [1.54, 1.807) is 6.26 Å². The molecule has 0 saturated carbocycles. The summed E-state index contributed by atoms with van der Waals surface area (Å²) in [5, 5.41) is 3.52. The predicted molar refractivity (Wildman–Crippen MR) is 71.2 cm³/mol. The molecular formula is C14H21N3O. The number of nitrogens with zero attached hydrogens (tertiary/aromatic N) is 2. The maximum atomic E-state index is 5.33. The Balaban J connectivity index is 1.73. The highest BCUT2D eigenvalue weighted by Crippen LogP contribution is 2.06. The third kappa shape index (κ3) is 3.47. The van der Waals surface area contributed by atoms with E-state index in [1.807, 2.05) is 24.7 Å². The van der Waals surface area contributed by atoms with E-state index in [2.05, 4.69) is 28.7 Å². The summed E-state index contributed by atoms with van der Waals surface area (Å²) in [4.78, 5) is 4.17. The minimum absolute atomic E-state index is 0.468. The van der Waals surface area contributed by atoms with Gasteiger partial charge in [0.1, 0.15) is 5.76 Å². The van der Waals surface area contributed by atoms with Gasteiger partial charge in [0.25, 0.3) is 0 Å². The summed E-state index contributed by atoms with van der Waals surface area (Å²) in [6.45, 7) is 6.17. The molecule has 0 fully saturated rings. The van der Waals surface area contributed by atoms with E-state index in [4.69, 9.17) is 4.42 Å². The molecule has 1 N–H and O–H groups in total. The van der Waals surface area contributed by atoms with E-state index >= 15 is 0 Å². The van der Waals surface area contributed by atoms with Crippen LogP contribution in [0.25, 0.3) is 0 Å². The van der Waals surface area contributed by atoms with Crippen LogP contribution < -0.4 is 5.32 Å². The lowest BCUT2D eigenvalue weighted by Crippen LogP contribution is -2.27. The molecule has 4 heteroatoms. The standard InChI is InChI=1S/C14H21N3O/c1-3-17-11-15-9-13(17)10-16-12(2)6-7-14-5-4-8-18-14/h4-5,8-9,11-12,16H,3,6-7,10H2,1-2H3. The van der Waals surface area contributed by atoms with Gasteiger partial charge in [-0.1, -0.05) is 0 Å². The fourth-order valence-corrected chi connectivity index (χ4v) is 1.97. The molecule has 2 aromatic heterocycles. The second-order valence-corrected chi connectivity index (χ2v) is 4.57. The SMILES string of the molecule is CCn1cncc1CNC(C)CCc1ccco1. The molecule has 2 rings (SSSR count). The van der Waals surface area contributed by atoms with Crippen molar-refractivity contribution in [3.63, 3.8) is 0 Å². The largest absolute Gasteiger partial charge is 0.469 e. The number of aromatic nitrogens is 2. The number of hydrogen-bond acceptors (Lipinski definition) is 3. The molecule has 0 bridgehead atoms. The van der Waals surface area contributed by atoms with E-state index in [1.165, 1.54) is 5.69 Å². The molecule has 1 atom stereocenters. The summed E-state index contributed by atoms with van der Waals surface area (Å²) >= 11 is 0. The Labute approximate surface area is 108 Å². The van der Waals surface area contributed by atoms with Crippen LogP contribution >= 0.6 is 0 Å². The van der Waals surface area contributed by atoms with Crippen molar-refractivity contribution >= 4 is 0 Å². The van der Waals surface area contributed by atoms with Gasteiger partial charge >= 0.3 is 0 Å². The lowest BCUT2D eigenvalue weighted by atomic mass is 10.1. The van der Waals surface area contributed by atoms with Crippen LogP contribution in [0.5, 0.6) is 0 Å². The van der Waals surface area contributed by atoms with Crippen LogP contribution in [-0.2, 0) is 19.5 Å². The first-order chi connectivity index (χ1) is 8.79. The van der Waals surface area contributed by atoms with Gasteiger partial charge in [-0.2, -0.15) is 0 Å².